The molecular formula is C11H11F3N4OS. The highest BCUT2D eigenvalue weighted by atomic mass is 32.1. The molecule has 1 aromatic heterocycles. The summed E-state index contributed by atoms with van der Waals surface area (Å²) >= 11 is 0.649. The molecule has 0 saturated carbocycles. The molecule has 0 aliphatic carbocycles. The second-order valence-electron chi connectivity index (χ2n) is 3.71. The van der Waals surface area contributed by atoms with Crippen LogP contribution in [0, 0.1) is 0 Å². The fraction of sp³-hybridized carbons (Fsp3) is 0.273. The molecule has 0 fully saturated rings. The van der Waals surface area contributed by atoms with Crippen molar-refractivity contribution in [1.82, 2.24) is 9.36 Å². The number of halogens is 3. The van der Waals surface area contributed by atoms with E-state index in [-0.39, 0.29) is 5.13 Å². The number of hydrogen-bond donors (Lipinski definition) is 2. The van der Waals surface area contributed by atoms with Crippen LogP contribution in [0.4, 0.5) is 24.0 Å². The monoisotopic (exact) mass is 304 g/mol. The van der Waals surface area contributed by atoms with Crippen LogP contribution in [0.1, 0.15) is 5.82 Å². The molecular weight excluding hydrogens is 293 g/mol. The summed E-state index contributed by atoms with van der Waals surface area (Å²) in [4.78, 5) is 3.37. The number of nitrogens with zero attached hydrogens (tertiary/aromatic N) is 2. The van der Waals surface area contributed by atoms with Gasteiger partial charge in [0.1, 0.15) is 12.4 Å². The fourth-order valence-corrected chi connectivity index (χ4v) is 1.93. The van der Waals surface area contributed by atoms with E-state index in [4.69, 9.17) is 10.5 Å². The molecule has 0 spiro atoms. The van der Waals surface area contributed by atoms with Gasteiger partial charge in [0.15, 0.2) is 0 Å². The molecule has 5 nitrogen and oxygen atoms in total. The fourth-order valence-electron chi connectivity index (χ4n) is 1.32. The lowest BCUT2D eigenvalue weighted by atomic mass is 10.3. The molecule has 2 rings (SSSR count). The third-order valence-corrected chi connectivity index (χ3v) is 2.80. The van der Waals surface area contributed by atoms with E-state index in [1.807, 2.05) is 0 Å². The van der Waals surface area contributed by atoms with Gasteiger partial charge in [-0.2, -0.15) is 22.5 Å². The third-order valence-electron chi connectivity index (χ3n) is 2.17. The summed E-state index contributed by atoms with van der Waals surface area (Å²) in [6.07, 6.45) is -4.53. The van der Waals surface area contributed by atoms with Crippen LogP contribution < -0.4 is 15.8 Å². The van der Waals surface area contributed by atoms with Crippen molar-refractivity contribution in [2.45, 2.75) is 6.18 Å². The van der Waals surface area contributed by atoms with E-state index in [2.05, 4.69) is 14.7 Å². The van der Waals surface area contributed by atoms with E-state index in [0.717, 1.165) is 0 Å². The molecule has 1 aromatic carbocycles. The van der Waals surface area contributed by atoms with Gasteiger partial charge in [0.05, 0.1) is 0 Å². The Balaban J connectivity index is 2.01. The molecule has 0 aliphatic heterocycles. The number of alkyl halides is 3. The van der Waals surface area contributed by atoms with Gasteiger partial charge in [-0.15, -0.1) is 0 Å². The predicted octanol–water partition coefficient (Wildman–Crippen LogP) is 2.64. The topological polar surface area (TPSA) is 73.1 Å². The minimum Gasteiger partial charge on any atom is -0.492 e. The van der Waals surface area contributed by atoms with Gasteiger partial charge in [0.2, 0.25) is 11.0 Å². The van der Waals surface area contributed by atoms with Crippen molar-refractivity contribution >= 4 is 22.4 Å². The molecule has 1 heterocycles. The van der Waals surface area contributed by atoms with Crippen molar-refractivity contribution < 1.29 is 17.9 Å². The molecule has 9 heteroatoms. The molecule has 108 valence electrons. The number of aromatic nitrogens is 2. The minimum atomic E-state index is -4.53. The average Bonchev–Trinajstić information content (AvgIpc) is 2.86. The summed E-state index contributed by atoms with van der Waals surface area (Å²) in [6.45, 7) is 0.809. The SMILES string of the molecule is NCCOc1ccc(Nc2nc(C(F)(F)F)ns2)cc1. The summed E-state index contributed by atoms with van der Waals surface area (Å²) in [6, 6.07) is 6.70. The van der Waals surface area contributed by atoms with Gasteiger partial charge in [0.25, 0.3) is 0 Å². The van der Waals surface area contributed by atoms with Crippen LogP contribution in [0.15, 0.2) is 24.3 Å². The van der Waals surface area contributed by atoms with Gasteiger partial charge in [-0.05, 0) is 24.3 Å². The van der Waals surface area contributed by atoms with Gasteiger partial charge >= 0.3 is 6.18 Å². The van der Waals surface area contributed by atoms with Crippen LogP contribution in [0.25, 0.3) is 0 Å². The Hall–Kier alpha value is -1.87. The van der Waals surface area contributed by atoms with Crippen LogP contribution >= 0.6 is 11.5 Å². The molecule has 0 bridgehead atoms. The minimum absolute atomic E-state index is 0.0768. The standard InChI is InChI=1S/C11H11F3N4OS/c12-11(13,14)9-17-10(20-18-9)16-7-1-3-8(4-2-7)19-6-5-15/h1-4H,5-6,15H2,(H,16,17,18). The maximum Gasteiger partial charge on any atom is 0.452 e. The van der Waals surface area contributed by atoms with Crippen LogP contribution in [0.5, 0.6) is 5.75 Å². The van der Waals surface area contributed by atoms with Gasteiger partial charge in [-0.3, -0.25) is 0 Å². The van der Waals surface area contributed by atoms with Crippen molar-refractivity contribution in [3.8, 4) is 5.75 Å². The molecule has 0 atom stereocenters. The summed E-state index contributed by atoms with van der Waals surface area (Å²) in [5, 5.41) is 2.82. The number of nitrogens with two attached hydrogens (primary N) is 1. The molecule has 0 amide bonds. The lowest BCUT2D eigenvalue weighted by Gasteiger charge is -2.06. The van der Waals surface area contributed by atoms with Crippen molar-refractivity contribution in [2.24, 2.45) is 5.73 Å². The predicted molar refractivity (Wildman–Crippen MR) is 69.2 cm³/mol. The zero-order valence-electron chi connectivity index (χ0n) is 10.1. The zero-order valence-corrected chi connectivity index (χ0v) is 11.0. The summed E-state index contributed by atoms with van der Waals surface area (Å²) in [5.41, 5.74) is 5.90. The van der Waals surface area contributed by atoms with E-state index < -0.39 is 12.0 Å². The number of rotatable bonds is 5. The highest BCUT2D eigenvalue weighted by Crippen LogP contribution is 2.30. The van der Waals surface area contributed by atoms with Crippen molar-refractivity contribution in [2.75, 3.05) is 18.5 Å². The van der Waals surface area contributed by atoms with Gasteiger partial charge in [-0.1, -0.05) is 0 Å². The largest absolute Gasteiger partial charge is 0.492 e. The van der Waals surface area contributed by atoms with E-state index in [0.29, 0.717) is 36.1 Å². The van der Waals surface area contributed by atoms with E-state index in [1.54, 1.807) is 24.3 Å². The molecule has 0 aliphatic rings. The molecule has 0 radical (unpaired) electrons. The van der Waals surface area contributed by atoms with E-state index in [9.17, 15) is 13.2 Å². The molecule has 3 N–H and O–H groups in total. The molecule has 20 heavy (non-hydrogen) atoms. The van der Waals surface area contributed by atoms with Gasteiger partial charge < -0.3 is 15.8 Å². The summed E-state index contributed by atoms with van der Waals surface area (Å²) < 4.78 is 45.5. The first-order valence-electron chi connectivity index (χ1n) is 5.60. The number of nitrogens with one attached hydrogen (secondary N) is 1. The maximum absolute atomic E-state index is 12.3. The van der Waals surface area contributed by atoms with Crippen LogP contribution in [0.2, 0.25) is 0 Å². The Kier molecular flexibility index (Phi) is 4.40. The zero-order chi connectivity index (χ0) is 14.6. The highest BCUT2D eigenvalue weighted by molar-refractivity contribution is 7.09. The van der Waals surface area contributed by atoms with Crippen molar-refractivity contribution in [3.63, 3.8) is 0 Å². The third kappa shape index (κ3) is 3.81. The second-order valence-corrected chi connectivity index (χ2v) is 4.46. The highest BCUT2D eigenvalue weighted by Gasteiger charge is 2.36. The van der Waals surface area contributed by atoms with E-state index >= 15 is 0 Å². The van der Waals surface area contributed by atoms with Crippen LogP contribution in [-0.4, -0.2) is 22.5 Å². The van der Waals surface area contributed by atoms with Crippen molar-refractivity contribution in [1.29, 1.82) is 0 Å². The van der Waals surface area contributed by atoms with Crippen LogP contribution in [-0.2, 0) is 6.18 Å². The normalized spacial score (nSPS) is 11.4. The van der Waals surface area contributed by atoms with Gasteiger partial charge in [-0.25, -0.2) is 0 Å². The number of benzene rings is 1. The Morgan fingerprint density at radius 1 is 1.25 bits per heavy atom. The quantitative estimate of drug-likeness (QED) is 0.888. The lowest BCUT2D eigenvalue weighted by Crippen LogP contribution is -2.10. The number of hydrogen-bond acceptors (Lipinski definition) is 6. The van der Waals surface area contributed by atoms with Crippen molar-refractivity contribution in [3.05, 3.63) is 30.1 Å². The van der Waals surface area contributed by atoms with Crippen LogP contribution in [0.3, 0.4) is 0 Å². The number of anilines is 2. The lowest BCUT2D eigenvalue weighted by molar-refractivity contribution is -0.144. The molecule has 0 unspecified atom stereocenters. The Morgan fingerprint density at radius 3 is 2.50 bits per heavy atom. The average molecular weight is 304 g/mol. The first-order chi connectivity index (χ1) is 9.49. The molecule has 2 aromatic rings. The Labute approximate surface area is 116 Å². The smallest absolute Gasteiger partial charge is 0.452 e. The number of ether oxygens (including phenoxy) is 1. The first kappa shape index (κ1) is 14.5. The molecule has 0 saturated heterocycles. The first-order valence-corrected chi connectivity index (χ1v) is 6.37. The Bertz CT molecular complexity index is 556. The maximum atomic E-state index is 12.3. The summed E-state index contributed by atoms with van der Waals surface area (Å²) in [7, 11) is 0. The summed E-state index contributed by atoms with van der Waals surface area (Å²) in [5.74, 6) is -0.512. The van der Waals surface area contributed by atoms with Gasteiger partial charge in [0, 0.05) is 23.8 Å². The Morgan fingerprint density at radius 2 is 1.95 bits per heavy atom. The second kappa shape index (κ2) is 6.06. The van der Waals surface area contributed by atoms with E-state index in [1.165, 1.54) is 0 Å².